The lowest BCUT2D eigenvalue weighted by molar-refractivity contribution is -0.177. The highest BCUT2D eigenvalue weighted by Crippen LogP contribution is 2.21. The fourth-order valence-electron chi connectivity index (χ4n) is 2.57. The van der Waals surface area contributed by atoms with Crippen molar-refractivity contribution >= 4 is 23.7 Å². The third kappa shape index (κ3) is 3.54. The van der Waals surface area contributed by atoms with E-state index in [1.807, 2.05) is 0 Å². The molecule has 0 aromatic carbocycles. The van der Waals surface area contributed by atoms with E-state index in [4.69, 9.17) is 9.47 Å². The molecular weight excluding hydrogens is 344 g/mol. The molecule has 2 atom stereocenters. The lowest BCUT2D eigenvalue weighted by Crippen LogP contribution is -2.55. The first-order chi connectivity index (χ1) is 12.5. The summed E-state index contributed by atoms with van der Waals surface area (Å²) in [6.45, 7) is 1.36. The number of hydrogen-bond donors (Lipinski definition) is 1. The number of nitrogens with zero attached hydrogens (tertiary/aromatic N) is 4. The number of rotatable bonds is 5. The van der Waals surface area contributed by atoms with E-state index in [0.717, 1.165) is 12.6 Å². The molecule has 1 aliphatic rings. The van der Waals surface area contributed by atoms with Gasteiger partial charge in [-0.2, -0.15) is 0 Å². The maximum atomic E-state index is 12.7. The molecule has 1 fully saturated rings. The predicted octanol–water partition coefficient (Wildman–Crippen LogP) is 0.0154. The van der Waals surface area contributed by atoms with E-state index >= 15 is 0 Å². The molecule has 10 heteroatoms. The van der Waals surface area contributed by atoms with Crippen molar-refractivity contribution in [2.75, 3.05) is 18.1 Å². The molecule has 0 aliphatic carbocycles. The van der Waals surface area contributed by atoms with Crippen molar-refractivity contribution in [2.45, 2.75) is 19.1 Å². The number of esters is 1. The van der Waals surface area contributed by atoms with Gasteiger partial charge in [-0.15, -0.1) is 5.10 Å². The van der Waals surface area contributed by atoms with Gasteiger partial charge in [0.25, 0.3) is 5.91 Å². The summed E-state index contributed by atoms with van der Waals surface area (Å²) >= 11 is 0. The second-order valence-electron chi connectivity index (χ2n) is 5.47. The molecule has 1 amide bonds. The van der Waals surface area contributed by atoms with Gasteiger partial charge in [0, 0.05) is 31.6 Å². The van der Waals surface area contributed by atoms with Crippen molar-refractivity contribution in [1.29, 1.82) is 0 Å². The van der Waals surface area contributed by atoms with Crippen LogP contribution in [-0.2, 0) is 23.9 Å². The Kier molecular flexibility index (Phi) is 4.94. The fraction of sp³-hybridized carbons (Fsp3) is 0.312. The van der Waals surface area contributed by atoms with Gasteiger partial charge in [-0.3, -0.25) is 19.5 Å². The number of hydrogen-bond acceptors (Lipinski definition) is 7. The van der Waals surface area contributed by atoms with E-state index in [1.54, 1.807) is 41.5 Å². The van der Waals surface area contributed by atoms with Crippen LogP contribution in [0.15, 0.2) is 36.8 Å². The molecule has 1 saturated heterocycles. The van der Waals surface area contributed by atoms with Crippen molar-refractivity contribution < 1.29 is 29.0 Å². The maximum Gasteiger partial charge on any atom is 0.348 e. The minimum Gasteiger partial charge on any atom is -0.478 e. The Morgan fingerprint density at radius 1 is 1.35 bits per heavy atom. The molecule has 1 N–H and O–H groups in total. The number of carboxylic acid groups (broad SMARTS) is 1. The van der Waals surface area contributed by atoms with Crippen LogP contribution in [0.2, 0.25) is 0 Å². The van der Waals surface area contributed by atoms with Gasteiger partial charge in [-0.1, -0.05) is 0 Å². The van der Waals surface area contributed by atoms with Crippen LogP contribution in [0.4, 0.5) is 5.82 Å². The van der Waals surface area contributed by atoms with Crippen LogP contribution < -0.4 is 4.90 Å². The summed E-state index contributed by atoms with van der Waals surface area (Å²) in [7, 11) is 0. The summed E-state index contributed by atoms with van der Waals surface area (Å²) < 4.78 is 11.6. The van der Waals surface area contributed by atoms with Crippen LogP contribution in [0.1, 0.15) is 6.92 Å². The lowest BCUT2D eigenvalue weighted by Gasteiger charge is -2.33. The van der Waals surface area contributed by atoms with Gasteiger partial charge in [0.1, 0.15) is 0 Å². The average Bonchev–Trinajstić information content (AvgIpc) is 3.10. The molecular formula is C16H16N4O6. The van der Waals surface area contributed by atoms with Crippen LogP contribution >= 0.6 is 0 Å². The van der Waals surface area contributed by atoms with Crippen LogP contribution in [0.5, 0.6) is 0 Å². The fourth-order valence-corrected chi connectivity index (χ4v) is 2.57. The zero-order valence-electron chi connectivity index (χ0n) is 13.8. The molecule has 136 valence electrons. The first kappa shape index (κ1) is 17.5. The van der Waals surface area contributed by atoms with Crippen molar-refractivity contribution in [3.63, 3.8) is 0 Å². The number of ether oxygens (including phenoxy) is 2. The Labute approximate surface area is 147 Å². The van der Waals surface area contributed by atoms with Gasteiger partial charge in [0.2, 0.25) is 6.10 Å². The van der Waals surface area contributed by atoms with Gasteiger partial charge in [0.05, 0.1) is 18.8 Å². The van der Waals surface area contributed by atoms with Gasteiger partial charge in [-0.25, -0.2) is 9.48 Å². The number of carboxylic acids is 1. The number of carbonyl (C=O) groups excluding carboxylic acids is 2. The zero-order chi connectivity index (χ0) is 18.7. The van der Waals surface area contributed by atoms with Crippen molar-refractivity contribution in [3.05, 3.63) is 36.8 Å². The Morgan fingerprint density at radius 2 is 2.08 bits per heavy atom. The van der Waals surface area contributed by atoms with Crippen LogP contribution in [0.25, 0.3) is 5.69 Å². The number of pyridine rings is 1. The monoisotopic (exact) mass is 360 g/mol. The maximum absolute atomic E-state index is 12.7. The summed E-state index contributed by atoms with van der Waals surface area (Å²) in [6, 6.07) is 5.13. The highest BCUT2D eigenvalue weighted by Gasteiger charge is 2.43. The number of aromatic nitrogens is 3. The Bertz CT molecular complexity index is 821. The van der Waals surface area contributed by atoms with Gasteiger partial charge in [-0.05, 0) is 12.1 Å². The Hall–Kier alpha value is -3.27. The number of morpholine rings is 1. The van der Waals surface area contributed by atoms with E-state index in [1.165, 1.54) is 4.90 Å². The molecule has 2 aromatic heterocycles. The van der Waals surface area contributed by atoms with E-state index in [2.05, 4.69) is 10.1 Å². The van der Waals surface area contributed by atoms with Crippen molar-refractivity contribution in [1.82, 2.24) is 14.8 Å². The average molecular weight is 360 g/mol. The van der Waals surface area contributed by atoms with E-state index < -0.39 is 30.1 Å². The third-order valence-corrected chi connectivity index (χ3v) is 3.71. The third-order valence-electron chi connectivity index (χ3n) is 3.71. The standard InChI is InChI=1S/C16H16N4O6/c1-10(21)26-14(16(23)24)13-15(22)19(8-9-25-13)12-4-7-20(18-12)11-2-5-17-6-3-11/h2-7,13-14H,8-9H2,1H3,(H,23,24)/t13-,14?/m1/s1. The van der Waals surface area contributed by atoms with E-state index in [-0.39, 0.29) is 13.2 Å². The number of carbonyl (C=O) groups is 3. The van der Waals surface area contributed by atoms with Gasteiger partial charge < -0.3 is 14.6 Å². The smallest absolute Gasteiger partial charge is 0.348 e. The summed E-state index contributed by atoms with van der Waals surface area (Å²) in [5, 5.41) is 13.6. The number of anilines is 1. The van der Waals surface area contributed by atoms with Crippen molar-refractivity contribution in [2.24, 2.45) is 0 Å². The topological polar surface area (TPSA) is 124 Å². The number of amides is 1. The molecule has 10 nitrogen and oxygen atoms in total. The molecule has 3 rings (SSSR count). The van der Waals surface area contributed by atoms with E-state index in [9.17, 15) is 19.5 Å². The highest BCUT2D eigenvalue weighted by atomic mass is 16.6. The molecule has 1 unspecified atom stereocenters. The quantitative estimate of drug-likeness (QED) is 0.740. The second-order valence-corrected chi connectivity index (χ2v) is 5.47. The lowest BCUT2D eigenvalue weighted by atomic mass is 10.1. The SMILES string of the molecule is CC(=O)OC(C(=O)O)[C@H]1OCCN(c2ccn(-c3ccncc3)n2)C1=O. The van der Waals surface area contributed by atoms with E-state index in [0.29, 0.717) is 5.82 Å². The molecule has 1 aliphatic heterocycles. The van der Waals surface area contributed by atoms with Crippen LogP contribution in [-0.4, -0.2) is 63.1 Å². The minimum absolute atomic E-state index is 0.0869. The van der Waals surface area contributed by atoms with Crippen LogP contribution in [0, 0.1) is 0 Å². The Morgan fingerprint density at radius 3 is 2.73 bits per heavy atom. The molecule has 0 bridgehead atoms. The predicted molar refractivity (Wildman–Crippen MR) is 86.6 cm³/mol. The molecule has 0 saturated carbocycles. The molecule has 3 heterocycles. The van der Waals surface area contributed by atoms with Crippen LogP contribution in [0.3, 0.4) is 0 Å². The minimum atomic E-state index is -1.72. The first-order valence-corrected chi connectivity index (χ1v) is 7.76. The normalized spacial score (nSPS) is 18.4. The molecule has 26 heavy (non-hydrogen) atoms. The summed E-state index contributed by atoms with van der Waals surface area (Å²) in [4.78, 5) is 40.4. The largest absolute Gasteiger partial charge is 0.478 e. The first-order valence-electron chi connectivity index (χ1n) is 7.76. The molecule has 0 radical (unpaired) electrons. The summed E-state index contributed by atoms with van der Waals surface area (Å²) in [5.74, 6) is -2.56. The summed E-state index contributed by atoms with van der Waals surface area (Å²) in [5.41, 5.74) is 0.756. The van der Waals surface area contributed by atoms with Crippen molar-refractivity contribution in [3.8, 4) is 5.69 Å². The molecule has 0 spiro atoms. The van der Waals surface area contributed by atoms with Gasteiger partial charge in [0.15, 0.2) is 11.9 Å². The highest BCUT2D eigenvalue weighted by molar-refractivity contribution is 5.99. The zero-order valence-corrected chi connectivity index (χ0v) is 13.8. The number of aliphatic carboxylic acids is 1. The Balaban J connectivity index is 1.83. The summed E-state index contributed by atoms with van der Waals surface area (Å²) in [6.07, 6.45) is 1.75. The molecule has 2 aromatic rings. The second kappa shape index (κ2) is 7.31. The van der Waals surface area contributed by atoms with Gasteiger partial charge >= 0.3 is 11.9 Å².